The van der Waals surface area contributed by atoms with Crippen molar-refractivity contribution >= 4 is 0 Å². The van der Waals surface area contributed by atoms with E-state index in [9.17, 15) is 0 Å². The maximum atomic E-state index is 5.42. The van der Waals surface area contributed by atoms with Crippen molar-refractivity contribution in [1.82, 2.24) is 10.1 Å². The summed E-state index contributed by atoms with van der Waals surface area (Å²) in [5.74, 6) is 3.95. The van der Waals surface area contributed by atoms with E-state index in [1.54, 1.807) is 33.5 Å². The SMILES string of the molecule is COc1cc(OC)c(-c2noc(C(C)C3CC3)n2)cc1OC. The number of ether oxygens (including phenoxy) is 3. The summed E-state index contributed by atoms with van der Waals surface area (Å²) in [4.78, 5) is 4.53. The molecule has 3 rings (SSSR count). The van der Waals surface area contributed by atoms with E-state index in [-0.39, 0.29) is 0 Å². The van der Waals surface area contributed by atoms with Crippen molar-refractivity contribution in [1.29, 1.82) is 0 Å². The van der Waals surface area contributed by atoms with Gasteiger partial charge in [-0.2, -0.15) is 4.98 Å². The van der Waals surface area contributed by atoms with E-state index in [4.69, 9.17) is 18.7 Å². The number of hydrogen-bond donors (Lipinski definition) is 0. The number of hydrogen-bond acceptors (Lipinski definition) is 6. The van der Waals surface area contributed by atoms with Gasteiger partial charge < -0.3 is 18.7 Å². The van der Waals surface area contributed by atoms with Crippen LogP contribution < -0.4 is 14.2 Å². The Bertz CT molecular complexity index is 664. The minimum Gasteiger partial charge on any atom is -0.496 e. The van der Waals surface area contributed by atoms with Crippen LogP contribution in [0.3, 0.4) is 0 Å². The summed E-state index contributed by atoms with van der Waals surface area (Å²) in [5.41, 5.74) is 0.721. The molecule has 0 N–H and O–H groups in total. The third-order valence-corrected chi connectivity index (χ3v) is 4.11. The Labute approximate surface area is 129 Å². The maximum Gasteiger partial charge on any atom is 0.230 e. The zero-order valence-corrected chi connectivity index (χ0v) is 13.3. The van der Waals surface area contributed by atoms with Crippen LogP contribution in [-0.4, -0.2) is 31.5 Å². The molecule has 1 atom stereocenters. The minimum absolute atomic E-state index is 0.299. The number of methoxy groups -OCH3 is 3. The number of benzene rings is 1. The van der Waals surface area contributed by atoms with Crippen molar-refractivity contribution in [3.8, 4) is 28.6 Å². The quantitative estimate of drug-likeness (QED) is 0.816. The highest BCUT2D eigenvalue weighted by atomic mass is 16.5. The van der Waals surface area contributed by atoms with Gasteiger partial charge in [-0.1, -0.05) is 12.1 Å². The summed E-state index contributed by atoms with van der Waals surface area (Å²) >= 11 is 0. The first kappa shape index (κ1) is 14.7. The minimum atomic E-state index is 0.299. The maximum absolute atomic E-state index is 5.42. The van der Waals surface area contributed by atoms with Crippen LogP contribution in [0.25, 0.3) is 11.4 Å². The Hall–Kier alpha value is -2.24. The lowest BCUT2D eigenvalue weighted by molar-refractivity contribution is 0.346. The topological polar surface area (TPSA) is 66.6 Å². The summed E-state index contributed by atoms with van der Waals surface area (Å²) in [6, 6.07) is 3.56. The highest BCUT2D eigenvalue weighted by Gasteiger charge is 2.33. The summed E-state index contributed by atoms with van der Waals surface area (Å²) in [7, 11) is 4.77. The first-order valence-electron chi connectivity index (χ1n) is 7.32. The van der Waals surface area contributed by atoms with Gasteiger partial charge in [0.1, 0.15) is 5.75 Å². The van der Waals surface area contributed by atoms with Gasteiger partial charge in [-0.15, -0.1) is 0 Å². The molecule has 2 aromatic rings. The number of nitrogens with zero attached hydrogens (tertiary/aromatic N) is 2. The van der Waals surface area contributed by atoms with Gasteiger partial charge in [0.25, 0.3) is 0 Å². The largest absolute Gasteiger partial charge is 0.496 e. The summed E-state index contributed by atoms with van der Waals surface area (Å²) in [6.07, 6.45) is 2.47. The van der Waals surface area contributed by atoms with Gasteiger partial charge in [0.15, 0.2) is 11.5 Å². The van der Waals surface area contributed by atoms with Gasteiger partial charge >= 0.3 is 0 Å². The lowest BCUT2D eigenvalue weighted by atomic mass is 10.1. The second kappa shape index (κ2) is 5.87. The highest BCUT2D eigenvalue weighted by molar-refractivity contribution is 5.69. The summed E-state index contributed by atoms with van der Waals surface area (Å²) < 4.78 is 21.5. The molecule has 1 unspecified atom stereocenters. The molecular weight excluding hydrogens is 284 g/mol. The molecule has 1 aromatic carbocycles. The monoisotopic (exact) mass is 304 g/mol. The molecule has 1 aromatic heterocycles. The standard InChI is InChI=1S/C16H20N2O4/c1-9(10-5-6-10)16-17-15(18-22-16)11-7-13(20-3)14(21-4)8-12(11)19-2/h7-10H,5-6H2,1-4H3. The molecular formula is C16H20N2O4. The van der Waals surface area contributed by atoms with Crippen LogP contribution in [0.4, 0.5) is 0 Å². The number of aromatic nitrogens is 2. The third kappa shape index (κ3) is 2.61. The predicted octanol–water partition coefficient (Wildman–Crippen LogP) is 3.28. The third-order valence-electron chi connectivity index (χ3n) is 4.11. The van der Waals surface area contributed by atoms with Crippen LogP contribution in [0, 0.1) is 5.92 Å². The molecule has 1 saturated carbocycles. The van der Waals surface area contributed by atoms with Gasteiger partial charge in [-0.3, -0.25) is 0 Å². The molecule has 6 heteroatoms. The van der Waals surface area contributed by atoms with Gasteiger partial charge in [-0.05, 0) is 24.8 Å². The summed E-state index contributed by atoms with van der Waals surface area (Å²) in [6.45, 7) is 2.13. The average molecular weight is 304 g/mol. The van der Waals surface area contributed by atoms with Crippen molar-refractivity contribution in [3.05, 3.63) is 18.0 Å². The van der Waals surface area contributed by atoms with Crippen LogP contribution in [0.15, 0.2) is 16.7 Å². The molecule has 22 heavy (non-hydrogen) atoms. The van der Waals surface area contributed by atoms with E-state index in [1.807, 2.05) is 0 Å². The zero-order valence-electron chi connectivity index (χ0n) is 13.3. The fraction of sp³-hybridized carbons (Fsp3) is 0.500. The Balaban J connectivity index is 1.99. The molecule has 0 bridgehead atoms. The highest BCUT2D eigenvalue weighted by Crippen LogP contribution is 2.43. The molecule has 1 aliphatic rings. The second-order valence-corrected chi connectivity index (χ2v) is 5.49. The number of rotatable bonds is 6. The fourth-order valence-electron chi connectivity index (χ4n) is 2.53. The Morgan fingerprint density at radius 3 is 2.27 bits per heavy atom. The van der Waals surface area contributed by atoms with E-state index in [1.165, 1.54) is 12.8 Å². The first-order chi connectivity index (χ1) is 10.7. The molecule has 1 fully saturated rings. The van der Waals surface area contributed by atoms with Crippen LogP contribution >= 0.6 is 0 Å². The van der Waals surface area contributed by atoms with Crippen LogP contribution in [0.2, 0.25) is 0 Å². The van der Waals surface area contributed by atoms with Crippen molar-refractivity contribution in [2.75, 3.05) is 21.3 Å². The molecule has 0 radical (unpaired) electrons. The van der Waals surface area contributed by atoms with E-state index in [0.717, 1.165) is 5.56 Å². The normalized spacial score (nSPS) is 15.5. The zero-order chi connectivity index (χ0) is 15.7. The molecule has 0 saturated heterocycles. The van der Waals surface area contributed by atoms with Gasteiger partial charge in [0.2, 0.25) is 11.7 Å². The van der Waals surface area contributed by atoms with Crippen LogP contribution in [0.5, 0.6) is 17.2 Å². The lowest BCUT2D eigenvalue weighted by Gasteiger charge is -2.12. The Kier molecular flexibility index (Phi) is 3.92. The summed E-state index contributed by atoms with van der Waals surface area (Å²) in [5, 5.41) is 4.09. The molecule has 6 nitrogen and oxygen atoms in total. The van der Waals surface area contributed by atoms with Crippen molar-refractivity contribution < 1.29 is 18.7 Å². The van der Waals surface area contributed by atoms with Crippen LogP contribution in [-0.2, 0) is 0 Å². The Morgan fingerprint density at radius 2 is 1.68 bits per heavy atom. The van der Waals surface area contributed by atoms with Gasteiger partial charge in [0, 0.05) is 12.0 Å². The molecule has 0 aliphatic heterocycles. The average Bonchev–Trinajstić information content (AvgIpc) is 3.29. The molecule has 0 spiro atoms. The van der Waals surface area contributed by atoms with Crippen molar-refractivity contribution in [3.63, 3.8) is 0 Å². The van der Waals surface area contributed by atoms with Crippen LogP contribution in [0.1, 0.15) is 31.6 Å². The van der Waals surface area contributed by atoms with Crippen molar-refractivity contribution in [2.24, 2.45) is 5.92 Å². The van der Waals surface area contributed by atoms with Gasteiger partial charge in [0.05, 0.1) is 26.9 Å². The second-order valence-electron chi connectivity index (χ2n) is 5.49. The first-order valence-corrected chi connectivity index (χ1v) is 7.32. The predicted molar refractivity (Wildman–Crippen MR) is 80.5 cm³/mol. The van der Waals surface area contributed by atoms with E-state index < -0.39 is 0 Å². The molecule has 0 amide bonds. The lowest BCUT2D eigenvalue weighted by Crippen LogP contribution is -1.97. The molecule has 1 heterocycles. The smallest absolute Gasteiger partial charge is 0.230 e. The Morgan fingerprint density at radius 1 is 1.05 bits per heavy atom. The van der Waals surface area contributed by atoms with E-state index >= 15 is 0 Å². The van der Waals surface area contributed by atoms with Crippen molar-refractivity contribution in [2.45, 2.75) is 25.7 Å². The molecule has 1 aliphatic carbocycles. The fourth-order valence-corrected chi connectivity index (χ4v) is 2.53. The van der Waals surface area contributed by atoms with Gasteiger partial charge in [-0.25, -0.2) is 0 Å². The van der Waals surface area contributed by atoms with E-state index in [0.29, 0.717) is 40.8 Å². The van der Waals surface area contributed by atoms with E-state index in [2.05, 4.69) is 17.1 Å². The molecule has 118 valence electrons.